The van der Waals surface area contributed by atoms with E-state index in [1.54, 1.807) is 30.5 Å². The van der Waals surface area contributed by atoms with Gasteiger partial charge in [0.25, 0.3) is 5.56 Å². The van der Waals surface area contributed by atoms with Crippen molar-refractivity contribution in [2.75, 3.05) is 16.7 Å². The second-order valence-corrected chi connectivity index (χ2v) is 9.43. The highest BCUT2D eigenvalue weighted by atomic mass is 16.8. The Labute approximate surface area is 195 Å². The molecule has 1 amide bonds. The SMILES string of the molecule is O=C(NCc1ccco1)[C@@H]1Cc2cc(N([O-])O)ccc2N2CC3CC(Cn4c3cccc4=O)[C@@H]12. The number of furan rings is 1. The molecule has 2 N–H and O–H groups in total. The lowest BCUT2D eigenvalue weighted by Crippen LogP contribution is -2.61. The van der Waals surface area contributed by atoms with Crippen LogP contribution in [0.1, 0.15) is 29.4 Å². The molecule has 0 radical (unpaired) electrons. The molecule has 2 bridgehead atoms. The zero-order chi connectivity index (χ0) is 23.4. The highest BCUT2D eigenvalue weighted by Gasteiger charge is 2.49. The van der Waals surface area contributed by atoms with Crippen molar-refractivity contribution < 1.29 is 14.4 Å². The minimum absolute atomic E-state index is 0.00111. The van der Waals surface area contributed by atoms with E-state index < -0.39 is 0 Å². The van der Waals surface area contributed by atoms with Crippen LogP contribution in [0.15, 0.2) is 64.0 Å². The Morgan fingerprint density at radius 3 is 2.88 bits per heavy atom. The van der Waals surface area contributed by atoms with Crippen LogP contribution >= 0.6 is 0 Å². The molecule has 34 heavy (non-hydrogen) atoms. The maximum Gasteiger partial charge on any atom is 0.250 e. The van der Waals surface area contributed by atoms with Crippen LogP contribution in [-0.2, 0) is 24.3 Å². The molecule has 2 aromatic heterocycles. The molecule has 0 aliphatic carbocycles. The number of carbonyl (C=O) groups excluding carboxylic acids is 1. The summed E-state index contributed by atoms with van der Waals surface area (Å²) < 4.78 is 7.23. The van der Waals surface area contributed by atoms with Crippen molar-refractivity contribution in [3.8, 4) is 0 Å². The van der Waals surface area contributed by atoms with Crippen molar-refractivity contribution in [2.24, 2.45) is 11.8 Å². The van der Waals surface area contributed by atoms with Crippen LogP contribution in [0.4, 0.5) is 11.4 Å². The molecular formula is C25H25N4O5-. The van der Waals surface area contributed by atoms with Gasteiger partial charge in [0.1, 0.15) is 5.76 Å². The summed E-state index contributed by atoms with van der Waals surface area (Å²) in [4.78, 5) is 28.4. The summed E-state index contributed by atoms with van der Waals surface area (Å²) in [5.74, 6) is 0.522. The topological polar surface area (TPSA) is 114 Å². The minimum atomic E-state index is -0.372. The number of aromatic nitrogens is 1. The number of piperidine rings is 1. The largest absolute Gasteiger partial charge is 0.733 e. The van der Waals surface area contributed by atoms with E-state index in [2.05, 4.69) is 10.2 Å². The summed E-state index contributed by atoms with van der Waals surface area (Å²) in [5, 5.41) is 23.8. The molecule has 9 heteroatoms. The first-order chi connectivity index (χ1) is 16.5. The molecule has 3 aliphatic heterocycles. The number of nitrogens with zero attached hydrogens (tertiary/aromatic N) is 3. The average Bonchev–Trinajstić information content (AvgIpc) is 3.36. The quantitative estimate of drug-likeness (QED) is 0.574. The molecule has 3 aromatic rings. The summed E-state index contributed by atoms with van der Waals surface area (Å²) in [6.45, 7) is 1.55. The van der Waals surface area contributed by atoms with E-state index in [9.17, 15) is 20.0 Å². The van der Waals surface area contributed by atoms with Gasteiger partial charge in [0.2, 0.25) is 5.91 Å². The van der Waals surface area contributed by atoms with Gasteiger partial charge < -0.3 is 29.6 Å². The van der Waals surface area contributed by atoms with E-state index in [1.807, 2.05) is 28.8 Å². The van der Waals surface area contributed by atoms with Gasteiger partial charge in [-0.2, -0.15) is 0 Å². The molecule has 9 nitrogen and oxygen atoms in total. The van der Waals surface area contributed by atoms with Crippen LogP contribution in [0, 0.1) is 17.0 Å². The van der Waals surface area contributed by atoms with Gasteiger partial charge in [0.05, 0.1) is 24.4 Å². The molecule has 1 aromatic carbocycles. The summed E-state index contributed by atoms with van der Waals surface area (Å²) in [6, 6.07) is 14.1. The molecule has 1 fully saturated rings. The molecule has 0 spiro atoms. The zero-order valence-corrected chi connectivity index (χ0v) is 18.5. The number of hydrogen-bond donors (Lipinski definition) is 2. The molecular weight excluding hydrogens is 436 g/mol. The number of fused-ring (bicyclic) bond motifs is 8. The first-order valence-corrected chi connectivity index (χ1v) is 11.5. The molecule has 4 atom stereocenters. The zero-order valence-electron chi connectivity index (χ0n) is 18.5. The van der Waals surface area contributed by atoms with Crippen LogP contribution in [0.5, 0.6) is 0 Å². The first kappa shape index (κ1) is 21.0. The molecule has 6 rings (SSSR count). The predicted molar refractivity (Wildman–Crippen MR) is 125 cm³/mol. The Bertz CT molecular complexity index is 1280. The first-order valence-electron chi connectivity index (χ1n) is 11.5. The number of pyridine rings is 1. The monoisotopic (exact) mass is 461 g/mol. The number of nitrogens with one attached hydrogen (secondary N) is 1. The van der Waals surface area contributed by atoms with Crippen LogP contribution in [0.3, 0.4) is 0 Å². The van der Waals surface area contributed by atoms with E-state index >= 15 is 0 Å². The molecule has 1 saturated heterocycles. The lowest BCUT2D eigenvalue weighted by atomic mass is 9.70. The third-order valence-corrected chi connectivity index (χ3v) is 7.57. The summed E-state index contributed by atoms with van der Waals surface area (Å²) in [6.07, 6.45) is 2.94. The van der Waals surface area contributed by atoms with Gasteiger partial charge in [0, 0.05) is 42.5 Å². The van der Waals surface area contributed by atoms with Crippen LogP contribution < -0.4 is 21.0 Å². The fourth-order valence-corrected chi connectivity index (χ4v) is 6.18. The van der Waals surface area contributed by atoms with Gasteiger partial charge in [0.15, 0.2) is 0 Å². The Morgan fingerprint density at radius 1 is 1.21 bits per heavy atom. The number of carbonyl (C=O) groups is 1. The minimum Gasteiger partial charge on any atom is -0.733 e. The van der Waals surface area contributed by atoms with E-state index in [0.717, 1.165) is 23.4 Å². The molecule has 0 saturated carbocycles. The Hall–Kier alpha value is -3.56. The molecule has 5 heterocycles. The van der Waals surface area contributed by atoms with Gasteiger partial charge in [-0.25, -0.2) is 0 Å². The third-order valence-electron chi connectivity index (χ3n) is 7.57. The standard InChI is InChI=1S/C25H25N4O5/c30-23-5-1-4-21-16-9-17(14-27(21)23)24-20(25(31)26-12-19-3-2-8-34-19)11-15-10-18(29(32)33)6-7-22(15)28(24)13-16/h1-8,10,16-17,20,24,32H,9,11-14H2,(H,26,31)/q-1/t16?,17?,20-,24+/m1/s1. The van der Waals surface area contributed by atoms with Gasteiger partial charge in [-0.3, -0.25) is 14.8 Å². The van der Waals surface area contributed by atoms with Crippen LogP contribution in [-0.4, -0.2) is 28.3 Å². The van der Waals surface area contributed by atoms with Crippen molar-refractivity contribution in [2.45, 2.75) is 37.9 Å². The number of rotatable bonds is 4. The fraction of sp³-hybridized carbons (Fsp3) is 0.360. The normalized spacial score (nSPS) is 24.6. The van der Waals surface area contributed by atoms with Crippen molar-refractivity contribution in [3.05, 3.63) is 87.4 Å². The maximum atomic E-state index is 13.5. The Kier molecular flexibility index (Phi) is 4.96. The van der Waals surface area contributed by atoms with Crippen molar-refractivity contribution in [1.82, 2.24) is 9.88 Å². The summed E-state index contributed by atoms with van der Waals surface area (Å²) >= 11 is 0. The highest BCUT2D eigenvalue weighted by molar-refractivity contribution is 5.82. The number of benzene rings is 1. The number of anilines is 2. The smallest absolute Gasteiger partial charge is 0.250 e. The van der Waals surface area contributed by atoms with Gasteiger partial charge >= 0.3 is 0 Å². The van der Waals surface area contributed by atoms with Crippen LogP contribution in [0.2, 0.25) is 0 Å². The van der Waals surface area contributed by atoms with Crippen molar-refractivity contribution in [1.29, 1.82) is 0 Å². The van der Waals surface area contributed by atoms with E-state index in [0.29, 0.717) is 31.8 Å². The van der Waals surface area contributed by atoms with Crippen molar-refractivity contribution in [3.63, 3.8) is 0 Å². The lowest BCUT2D eigenvalue weighted by Gasteiger charge is -2.54. The Balaban J connectivity index is 1.39. The lowest BCUT2D eigenvalue weighted by molar-refractivity contribution is -0.127. The van der Waals surface area contributed by atoms with Crippen molar-refractivity contribution >= 4 is 17.3 Å². The van der Waals surface area contributed by atoms with Gasteiger partial charge in [-0.15, -0.1) is 0 Å². The second kappa shape index (κ2) is 8.03. The van der Waals surface area contributed by atoms with E-state index in [-0.39, 0.29) is 46.2 Å². The van der Waals surface area contributed by atoms with Crippen LogP contribution in [0.25, 0.3) is 0 Å². The maximum absolute atomic E-state index is 13.5. The number of hydrogen-bond acceptors (Lipinski definition) is 7. The fourth-order valence-electron chi connectivity index (χ4n) is 6.18. The average molecular weight is 461 g/mol. The predicted octanol–water partition coefficient (Wildman–Crippen LogP) is 2.62. The molecule has 2 unspecified atom stereocenters. The summed E-state index contributed by atoms with van der Waals surface area (Å²) in [7, 11) is 0. The number of amides is 1. The van der Waals surface area contributed by atoms with E-state index in [4.69, 9.17) is 4.42 Å². The van der Waals surface area contributed by atoms with Gasteiger partial charge in [-0.05, 0) is 60.7 Å². The summed E-state index contributed by atoms with van der Waals surface area (Å²) in [5.41, 5.74) is 3.00. The molecule has 3 aliphatic rings. The Morgan fingerprint density at radius 2 is 2.09 bits per heavy atom. The van der Waals surface area contributed by atoms with Gasteiger partial charge in [-0.1, -0.05) is 6.07 Å². The third kappa shape index (κ3) is 3.39. The highest BCUT2D eigenvalue weighted by Crippen LogP contribution is 2.47. The van der Waals surface area contributed by atoms with E-state index in [1.165, 1.54) is 0 Å². The molecule has 176 valence electrons. The second-order valence-electron chi connectivity index (χ2n) is 9.43.